The van der Waals surface area contributed by atoms with Crippen molar-refractivity contribution in [2.24, 2.45) is 0 Å². The summed E-state index contributed by atoms with van der Waals surface area (Å²) in [5, 5.41) is 9.79. The summed E-state index contributed by atoms with van der Waals surface area (Å²) in [6.07, 6.45) is 33.0. The molecule has 44 heavy (non-hydrogen) atoms. The fraction of sp³-hybridized carbons (Fsp3) is 0.974. The van der Waals surface area contributed by atoms with Gasteiger partial charge < -0.3 is 9.84 Å². The summed E-state index contributed by atoms with van der Waals surface area (Å²) in [5.74, 6) is -0.00923. The number of nitrogens with zero attached hydrogens (tertiary/aromatic N) is 2. The van der Waals surface area contributed by atoms with Crippen LogP contribution in [0.2, 0.25) is 0 Å². The second-order valence-electron chi connectivity index (χ2n) is 13.5. The Labute approximate surface area is 276 Å². The number of unbranched alkanes of at least 4 members (excludes halogenated alkanes) is 21. The van der Waals surface area contributed by atoms with Crippen LogP contribution in [0.1, 0.15) is 195 Å². The van der Waals surface area contributed by atoms with Gasteiger partial charge in [-0.1, -0.05) is 169 Å². The quantitative estimate of drug-likeness (QED) is 0.0555. The Bertz CT molecular complexity index is 574. The first-order chi connectivity index (χ1) is 21.6. The van der Waals surface area contributed by atoms with E-state index in [0.717, 1.165) is 77.7 Å². The molecule has 0 bridgehead atoms. The molecule has 1 N–H and O–H groups in total. The van der Waals surface area contributed by atoms with Crippen molar-refractivity contribution in [2.75, 3.05) is 45.9 Å². The maximum Gasteiger partial charge on any atom is 0.323 e. The van der Waals surface area contributed by atoms with Crippen LogP contribution in [0.3, 0.4) is 0 Å². The van der Waals surface area contributed by atoms with Gasteiger partial charge in [-0.3, -0.25) is 14.6 Å². The Hall–Kier alpha value is -0.650. The summed E-state index contributed by atoms with van der Waals surface area (Å²) in [6.45, 7) is 14.3. The molecule has 0 aliphatic rings. The van der Waals surface area contributed by atoms with Crippen molar-refractivity contribution in [3.05, 3.63) is 0 Å². The van der Waals surface area contributed by atoms with Gasteiger partial charge in [0.05, 0.1) is 13.2 Å². The summed E-state index contributed by atoms with van der Waals surface area (Å²) in [5.41, 5.74) is 0. The highest BCUT2D eigenvalue weighted by Crippen LogP contribution is 2.16. The molecule has 0 saturated heterocycles. The smallest absolute Gasteiger partial charge is 0.323 e. The predicted octanol–water partition coefficient (Wildman–Crippen LogP) is 10.7. The molecule has 1 atom stereocenters. The lowest BCUT2D eigenvalue weighted by Crippen LogP contribution is -2.47. The first-order valence-electron chi connectivity index (χ1n) is 19.9. The Kier molecular flexibility index (Phi) is 34.7. The fourth-order valence-corrected chi connectivity index (χ4v) is 6.26. The second kappa shape index (κ2) is 35.2. The molecule has 0 heterocycles. The van der Waals surface area contributed by atoms with Crippen LogP contribution in [0.4, 0.5) is 0 Å². The van der Waals surface area contributed by atoms with Crippen molar-refractivity contribution in [2.45, 2.75) is 201 Å². The van der Waals surface area contributed by atoms with Gasteiger partial charge in [-0.25, -0.2) is 0 Å². The second-order valence-corrected chi connectivity index (χ2v) is 13.5. The molecule has 0 aliphatic carbocycles. The molecule has 0 aromatic carbocycles. The van der Waals surface area contributed by atoms with Crippen molar-refractivity contribution < 1.29 is 14.6 Å². The Morgan fingerprint density at radius 2 is 0.932 bits per heavy atom. The Morgan fingerprint density at radius 1 is 0.500 bits per heavy atom. The summed E-state index contributed by atoms with van der Waals surface area (Å²) >= 11 is 0. The Morgan fingerprint density at radius 3 is 1.41 bits per heavy atom. The van der Waals surface area contributed by atoms with Crippen molar-refractivity contribution >= 4 is 5.97 Å². The van der Waals surface area contributed by atoms with Crippen LogP contribution in [0.25, 0.3) is 0 Å². The number of hydrogen-bond acceptors (Lipinski definition) is 5. The minimum absolute atomic E-state index is 0.00923. The maximum absolute atomic E-state index is 13.4. The van der Waals surface area contributed by atoms with E-state index < -0.39 is 0 Å². The molecule has 0 amide bonds. The predicted molar refractivity (Wildman–Crippen MR) is 193 cm³/mol. The van der Waals surface area contributed by atoms with Crippen LogP contribution < -0.4 is 0 Å². The van der Waals surface area contributed by atoms with Gasteiger partial charge in [0.2, 0.25) is 0 Å². The molecule has 1 unspecified atom stereocenters. The molecule has 0 aromatic heterocycles. The maximum atomic E-state index is 13.4. The van der Waals surface area contributed by atoms with E-state index in [1.54, 1.807) is 0 Å². The molecule has 0 rings (SSSR count). The standard InChI is InChI=1S/C39H80N2O3/c1-5-9-13-15-17-19-21-23-25-27-31-40(35-36-42)33-34-41(32-28-26-24-22-20-18-16-14-10-6-2)38(30-12-8-4)39(43)44-37-29-11-7-3/h38,42H,5-37H2,1-4H3. The molecule has 0 saturated carbocycles. The van der Waals surface area contributed by atoms with Gasteiger partial charge in [0.1, 0.15) is 6.04 Å². The number of aliphatic hydroxyl groups excluding tert-OH is 1. The van der Waals surface area contributed by atoms with Crippen molar-refractivity contribution in [3.8, 4) is 0 Å². The van der Waals surface area contributed by atoms with E-state index >= 15 is 0 Å². The largest absolute Gasteiger partial charge is 0.465 e. The first-order valence-corrected chi connectivity index (χ1v) is 19.9. The zero-order chi connectivity index (χ0) is 32.4. The van der Waals surface area contributed by atoms with Gasteiger partial charge in [-0.15, -0.1) is 0 Å². The summed E-state index contributed by atoms with van der Waals surface area (Å²) < 4.78 is 5.84. The van der Waals surface area contributed by atoms with Crippen LogP contribution in [0, 0.1) is 0 Å². The van der Waals surface area contributed by atoms with Crippen molar-refractivity contribution in [1.82, 2.24) is 9.80 Å². The lowest BCUT2D eigenvalue weighted by atomic mass is 10.0. The fourth-order valence-electron chi connectivity index (χ4n) is 6.26. The summed E-state index contributed by atoms with van der Waals surface area (Å²) in [7, 11) is 0. The number of hydrogen-bond donors (Lipinski definition) is 1. The minimum atomic E-state index is -0.136. The van der Waals surface area contributed by atoms with Gasteiger partial charge >= 0.3 is 5.97 Å². The van der Waals surface area contributed by atoms with Gasteiger partial charge in [0.15, 0.2) is 0 Å². The molecule has 0 aromatic rings. The highest BCUT2D eigenvalue weighted by atomic mass is 16.5. The van der Waals surface area contributed by atoms with Crippen LogP contribution in [0.5, 0.6) is 0 Å². The third kappa shape index (κ3) is 27.6. The van der Waals surface area contributed by atoms with Crippen molar-refractivity contribution in [1.29, 1.82) is 0 Å². The number of aliphatic hydroxyl groups is 1. The molecule has 0 aliphatic heterocycles. The topological polar surface area (TPSA) is 53.0 Å². The van der Waals surface area contributed by atoms with Gasteiger partial charge in [-0.2, -0.15) is 0 Å². The molecular formula is C39H80N2O3. The van der Waals surface area contributed by atoms with Gasteiger partial charge in [0.25, 0.3) is 0 Å². The molecule has 0 spiro atoms. The van der Waals surface area contributed by atoms with E-state index in [2.05, 4.69) is 37.5 Å². The highest BCUT2D eigenvalue weighted by molar-refractivity contribution is 5.75. The Balaban J connectivity index is 4.87. The molecule has 0 radical (unpaired) electrons. The van der Waals surface area contributed by atoms with E-state index in [0.29, 0.717) is 6.61 Å². The number of carbonyl (C=O) groups is 1. The summed E-state index contributed by atoms with van der Waals surface area (Å²) in [4.78, 5) is 18.2. The van der Waals surface area contributed by atoms with E-state index in [9.17, 15) is 9.90 Å². The van der Waals surface area contributed by atoms with E-state index in [1.165, 1.54) is 122 Å². The van der Waals surface area contributed by atoms with E-state index in [4.69, 9.17) is 4.74 Å². The number of rotatable bonds is 36. The monoisotopic (exact) mass is 625 g/mol. The molecule has 5 heteroatoms. The number of esters is 1. The van der Waals surface area contributed by atoms with Gasteiger partial charge in [0, 0.05) is 19.6 Å². The lowest BCUT2D eigenvalue weighted by molar-refractivity contribution is -0.150. The molecule has 0 fully saturated rings. The van der Waals surface area contributed by atoms with Crippen LogP contribution in [-0.2, 0) is 9.53 Å². The first kappa shape index (κ1) is 43.4. The average Bonchev–Trinajstić information content (AvgIpc) is 3.03. The van der Waals surface area contributed by atoms with Gasteiger partial charge in [-0.05, 0) is 38.8 Å². The highest BCUT2D eigenvalue weighted by Gasteiger charge is 2.27. The van der Waals surface area contributed by atoms with Crippen LogP contribution in [0.15, 0.2) is 0 Å². The molecular weight excluding hydrogens is 544 g/mol. The van der Waals surface area contributed by atoms with Crippen molar-refractivity contribution in [3.63, 3.8) is 0 Å². The number of carbonyl (C=O) groups excluding carboxylic acids is 1. The normalized spacial score (nSPS) is 12.4. The molecule has 5 nitrogen and oxygen atoms in total. The molecule has 264 valence electrons. The summed E-state index contributed by atoms with van der Waals surface area (Å²) in [6, 6.07) is -0.136. The zero-order valence-corrected chi connectivity index (χ0v) is 30.6. The van der Waals surface area contributed by atoms with E-state index in [-0.39, 0.29) is 18.6 Å². The zero-order valence-electron chi connectivity index (χ0n) is 30.6. The lowest BCUT2D eigenvalue weighted by Gasteiger charge is -2.32. The van der Waals surface area contributed by atoms with E-state index in [1.807, 2.05) is 0 Å². The third-order valence-electron chi connectivity index (χ3n) is 9.28. The number of ether oxygens (including phenoxy) is 1. The average molecular weight is 625 g/mol. The minimum Gasteiger partial charge on any atom is -0.465 e. The van der Waals surface area contributed by atoms with Crippen LogP contribution in [-0.4, -0.2) is 72.9 Å². The third-order valence-corrected chi connectivity index (χ3v) is 9.28. The van der Waals surface area contributed by atoms with Crippen LogP contribution >= 0.6 is 0 Å². The SMILES string of the molecule is CCCCCCCCCCCCN(CCO)CCN(CCCCCCCCCCCC)C(CCCC)C(=O)OCCCCC.